The monoisotopic (exact) mass is 327 g/mol. The third-order valence-corrected chi connectivity index (χ3v) is 11.3. The van der Waals surface area contributed by atoms with Gasteiger partial charge in [-0.2, -0.15) is 0 Å². The second kappa shape index (κ2) is 1.80. The molecule has 0 atom stereocenters. The van der Waals surface area contributed by atoms with Crippen LogP contribution < -0.4 is 0 Å². The Morgan fingerprint density at radius 1 is 0.353 bits per heavy atom. The molecule has 0 spiro atoms. The second-order valence-corrected chi connectivity index (χ2v) is 17.0. The summed E-state index contributed by atoms with van der Waals surface area (Å²) in [6.45, 7) is -10.0. The van der Waals surface area contributed by atoms with E-state index in [0.717, 1.165) is 0 Å². The summed E-state index contributed by atoms with van der Waals surface area (Å²) in [5, 5.41) is 0. The topological polar surface area (TPSA) is 137 Å². The van der Waals surface area contributed by atoms with Crippen LogP contribution in [0, 0.1) is 0 Å². The first-order valence-corrected chi connectivity index (χ1v) is 9.52. The molecule has 0 saturated carbocycles. The van der Waals surface area contributed by atoms with Crippen molar-refractivity contribution in [3.63, 3.8) is 0 Å². The Morgan fingerprint density at radius 3 is 0.471 bits per heavy atom. The van der Waals surface area contributed by atoms with E-state index in [1.54, 1.807) is 0 Å². The molecule has 0 N–H and O–H groups in total. The molecule has 0 aromatic rings. The van der Waals surface area contributed by atoms with E-state index >= 15 is 0 Å². The molecule has 0 aliphatic heterocycles. The van der Waals surface area contributed by atoms with Crippen molar-refractivity contribution in [2.75, 3.05) is 0 Å². The maximum absolute atomic E-state index is 10.8. The molecule has 9 heteroatoms. The summed E-state index contributed by atoms with van der Waals surface area (Å²) in [6.07, 6.45) is 0. The van der Waals surface area contributed by atoms with E-state index in [0.29, 0.717) is 0 Å². The van der Waals surface area contributed by atoms with Crippen molar-refractivity contribution in [2.45, 2.75) is 0 Å². The van der Waals surface area contributed by atoms with Crippen molar-refractivity contribution in [2.24, 2.45) is 0 Å². The molecule has 0 fully saturated rings. The van der Waals surface area contributed by atoms with Crippen molar-refractivity contribution in [1.29, 1.82) is 0 Å². The molecule has 0 radical (unpaired) electrons. The van der Waals surface area contributed by atoms with E-state index in [2.05, 4.69) is 0 Å². The fourth-order valence-electron chi connectivity index (χ4n) is 0.389. The van der Waals surface area contributed by atoms with E-state index in [-0.39, 0.29) is 35.8 Å². The second-order valence-electron chi connectivity index (χ2n) is 2.88. The van der Waals surface area contributed by atoms with Gasteiger partial charge in [0.15, 0.2) is 0 Å². The zero-order chi connectivity index (χ0) is 14.0. The average molecular weight is 327 g/mol. The normalized spacial score (nSPS) is 17.9. The molecule has 8 nitrogen and oxygen atoms in total. The SMILES string of the molecule is O=[C]=[Rh](=[C]=O)(=[C]=O)(=[C]=O)(=[C]=O)(=[C]=O)(=[C]=O)=[C]=O. The van der Waals surface area contributed by atoms with Crippen molar-refractivity contribution in [3.8, 4) is 0 Å². The van der Waals surface area contributed by atoms with Crippen LogP contribution in [-0.2, 0) is 44.8 Å². The average Bonchev–Trinajstić information content (AvgIpc) is 2.48. The van der Waals surface area contributed by atoms with Gasteiger partial charge in [-0.05, 0) is 0 Å². The Labute approximate surface area is 81.0 Å². The van der Waals surface area contributed by atoms with Crippen LogP contribution in [-0.4, -0.2) is 35.8 Å². The molecule has 17 heavy (non-hydrogen) atoms. The predicted molar refractivity (Wildman–Crippen MR) is 45.5 cm³/mol. The van der Waals surface area contributed by atoms with Gasteiger partial charge in [0.05, 0.1) is 0 Å². The summed E-state index contributed by atoms with van der Waals surface area (Å²) in [5.41, 5.74) is 0. The van der Waals surface area contributed by atoms with E-state index in [9.17, 15) is 38.4 Å². The third kappa shape index (κ3) is 0.593. The maximum atomic E-state index is 10.8. The molecule has 0 rings (SSSR count). The third-order valence-electron chi connectivity index (χ3n) is 1.91. The molecule has 0 saturated heterocycles. The molecular weight excluding hydrogens is 327 g/mol. The first kappa shape index (κ1) is 14.3. The van der Waals surface area contributed by atoms with E-state index < -0.39 is 6.46 Å². The minimum absolute atomic E-state index is 0.0450. The molecule has 0 aromatic carbocycles. The van der Waals surface area contributed by atoms with Gasteiger partial charge in [-0.25, -0.2) is 0 Å². The zero-order valence-corrected chi connectivity index (χ0v) is 9.24. The number of hydrogen-bond acceptors (Lipinski definition) is 8. The van der Waals surface area contributed by atoms with E-state index in [1.807, 2.05) is 0 Å². The van der Waals surface area contributed by atoms with Gasteiger partial charge in [0.25, 0.3) is 0 Å². The fourth-order valence-corrected chi connectivity index (χ4v) is 2.30. The van der Waals surface area contributed by atoms with E-state index in [1.165, 1.54) is 0 Å². The van der Waals surface area contributed by atoms with Gasteiger partial charge in [-0.3, -0.25) is 0 Å². The number of rotatable bonds is 0. The van der Waals surface area contributed by atoms with Crippen molar-refractivity contribution < 1.29 is 44.8 Å². The van der Waals surface area contributed by atoms with Crippen LogP contribution in [0.1, 0.15) is 0 Å². The van der Waals surface area contributed by atoms with Crippen LogP contribution in [0.15, 0.2) is 0 Å². The van der Waals surface area contributed by atoms with Gasteiger partial charge in [0.2, 0.25) is 0 Å². The van der Waals surface area contributed by atoms with Crippen LogP contribution >= 0.6 is 0 Å². The summed E-state index contributed by atoms with van der Waals surface area (Å²) in [5.74, 6) is 0. The molecule has 0 aromatic heterocycles. The Morgan fingerprint density at radius 2 is 0.471 bits per heavy atom. The summed E-state index contributed by atoms with van der Waals surface area (Å²) in [7, 11) is 0. The standard InChI is InChI=1S/8CO.Rh/c8*1-2;. The van der Waals surface area contributed by atoms with Crippen molar-refractivity contribution in [1.82, 2.24) is 0 Å². The molecule has 0 aliphatic carbocycles. The summed E-state index contributed by atoms with van der Waals surface area (Å²) < 4.78 is -0.360. The molecule has 89 valence electrons. The van der Waals surface area contributed by atoms with Crippen LogP contribution in [0.3, 0.4) is 0 Å². The summed E-state index contributed by atoms with van der Waals surface area (Å²) >= 11 is 0. The van der Waals surface area contributed by atoms with Gasteiger partial charge in [-0.1, -0.05) is 0 Å². The van der Waals surface area contributed by atoms with Crippen LogP contribution in [0.25, 0.3) is 0 Å². The first-order chi connectivity index (χ1) is 7.66. The van der Waals surface area contributed by atoms with Gasteiger partial charge < -0.3 is 0 Å². The van der Waals surface area contributed by atoms with Gasteiger partial charge in [0.1, 0.15) is 0 Å². The van der Waals surface area contributed by atoms with Crippen LogP contribution in [0.5, 0.6) is 0 Å². The van der Waals surface area contributed by atoms with E-state index in [4.69, 9.17) is 0 Å². The molecule has 0 heterocycles. The number of carbonyl (C=O) groups excluding carboxylic acids is 8. The van der Waals surface area contributed by atoms with Crippen molar-refractivity contribution in [3.05, 3.63) is 0 Å². The Bertz CT molecular complexity index is 1390. The quantitative estimate of drug-likeness (QED) is 0.425. The Kier molecular flexibility index (Phi) is 1.51. The van der Waals surface area contributed by atoms with Crippen molar-refractivity contribution >= 4 is 35.8 Å². The molecule has 0 amide bonds. The molecule has 0 unspecified atom stereocenters. The Balaban J connectivity index is 14.4. The number of hydrogen-bond donors (Lipinski definition) is 0. The van der Waals surface area contributed by atoms with Gasteiger partial charge in [0, 0.05) is 0 Å². The fraction of sp³-hybridized carbons (Fsp3) is 0. The van der Waals surface area contributed by atoms with Crippen LogP contribution in [0.2, 0.25) is 0 Å². The zero-order valence-electron chi connectivity index (χ0n) is 7.60. The first-order valence-electron chi connectivity index (χ1n) is 2.97. The van der Waals surface area contributed by atoms with Gasteiger partial charge in [-0.15, -0.1) is 0 Å². The summed E-state index contributed by atoms with van der Waals surface area (Å²) in [6, 6.07) is 0. The summed E-state index contributed by atoms with van der Waals surface area (Å²) in [4.78, 5) is 86.7. The molecule has 0 bridgehead atoms. The Hall–Kier alpha value is -2.74. The van der Waals surface area contributed by atoms with Crippen LogP contribution in [0.4, 0.5) is 0 Å². The predicted octanol–water partition coefficient (Wildman–Crippen LogP) is -3.18. The van der Waals surface area contributed by atoms with Gasteiger partial charge >= 0.3 is 80.6 Å². The minimum atomic E-state index is -10.0. The molecule has 0 aliphatic rings. The molecular formula is C8O8Rh.